The predicted octanol–water partition coefficient (Wildman–Crippen LogP) is 2.87. The summed E-state index contributed by atoms with van der Waals surface area (Å²) in [7, 11) is 0. The van der Waals surface area contributed by atoms with Crippen LogP contribution < -0.4 is 20.4 Å². The van der Waals surface area contributed by atoms with Gasteiger partial charge in [-0.3, -0.25) is 14.5 Å². The highest BCUT2D eigenvalue weighted by Gasteiger charge is 2.60. The molecule has 0 spiro atoms. The average molecular weight is 476 g/mol. The molecule has 2 saturated carbocycles. The Kier molecular flexibility index (Phi) is 5.67. The molecule has 3 unspecified atom stereocenters. The monoisotopic (exact) mass is 475 g/mol. The number of nitrogens with one attached hydrogen (secondary N) is 2. The van der Waals surface area contributed by atoms with Gasteiger partial charge in [-0.15, -0.1) is 0 Å². The van der Waals surface area contributed by atoms with E-state index in [-0.39, 0.29) is 41.4 Å². The van der Waals surface area contributed by atoms with Crippen LogP contribution in [0.2, 0.25) is 0 Å². The molecule has 2 aromatic rings. The summed E-state index contributed by atoms with van der Waals surface area (Å²) in [4.78, 5) is 44.3. The second-order valence-corrected chi connectivity index (χ2v) is 10.4. The highest BCUT2D eigenvalue weighted by molar-refractivity contribution is 6.03. The fraction of sp³-hybridized carbons (Fsp3) is 0.577. The molecule has 3 fully saturated rings. The molecule has 4 atom stereocenters. The number of amides is 1. The minimum atomic E-state index is -0.280. The van der Waals surface area contributed by atoms with Crippen LogP contribution in [-0.4, -0.2) is 58.9 Å². The molecule has 2 aromatic heterocycles. The van der Waals surface area contributed by atoms with Crippen LogP contribution in [0.5, 0.6) is 0 Å². The van der Waals surface area contributed by atoms with Crippen molar-refractivity contribution < 1.29 is 9.59 Å². The molecule has 4 heterocycles. The van der Waals surface area contributed by atoms with Gasteiger partial charge in [0.15, 0.2) is 0 Å². The van der Waals surface area contributed by atoms with Crippen molar-refractivity contribution in [2.75, 3.05) is 41.3 Å². The number of piperazine rings is 1. The SMILES string of the molecule is CC(=O)C1C(C)C2c3cnc(Nc4ccc(N5CCNCC5)cn4)nc3N(C3CCCC3)C(=O)[C@H]12. The van der Waals surface area contributed by atoms with Gasteiger partial charge in [-0.25, -0.2) is 9.97 Å². The second kappa shape index (κ2) is 8.86. The van der Waals surface area contributed by atoms with E-state index in [1.54, 1.807) is 6.92 Å². The van der Waals surface area contributed by atoms with Crippen LogP contribution in [0.1, 0.15) is 51.0 Å². The van der Waals surface area contributed by atoms with Gasteiger partial charge >= 0.3 is 0 Å². The van der Waals surface area contributed by atoms with Gasteiger partial charge in [-0.1, -0.05) is 19.8 Å². The van der Waals surface area contributed by atoms with Crippen molar-refractivity contribution >= 4 is 35.0 Å². The van der Waals surface area contributed by atoms with Crippen molar-refractivity contribution in [3.63, 3.8) is 0 Å². The molecular formula is C26H33N7O2. The molecule has 0 bridgehead atoms. The number of rotatable bonds is 5. The Morgan fingerprint density at radius 1 is 1.09 bits per heavy atom. The molecule has 9 nitrogen and oxygen atoms in total. The lowest BCUT2D eigenvalue weighted by atomic mass is 9.52. The minimum Gasteiger partial charge on any atom is -0.368 e. The number of anilines is 4. The molecule has 35 heavy (non-hydrogen) atoms. The van der Waals surface area contributed by atoms with Crippen molar-refractivity contribution in [3.05, 3.63) is 30.1 Å². The highest BCUT2D eigenvalue weighted by atomic mass is 16.2. The zero-order valence-corrected chi connectivity index (χ0v) is 20.4. The van der Waals surface area contributed by atoms with Gasteiger partial charge in [0, 0.05) is 55.8 Å². The van der Waals surface area contributed by atoms with E-state index in [4.69, 9.17) is 4.98 Å². The van der Waals surface area contributed by atoms with Gasteiger partial charge in [0.2, 0.25) is 11.9 Å². The molecule has 6 rings (SSSR count). The lowest BCUT2D eigenvalue weighted by molar-refractivity contribution is -0.144. The molecule has 2 N–H and O–H groups in total. The van der Waals surface area contributed by atoms with Crippen molar-refractivity contribution in [1.82, 2.24) is 20.3 Å². The first kappa shape index (κ1) is 22.4. The van der Waals surface area contributed by atoms with E-state index in [1.165, 1.54) is 0 Å². The molecule has 2 aliphatic carbocycles. The van der Waals surface area contributed by atoms with Crippen LogP contribution in [0.25, 0.3) is 0 Å². The third-order valence-corrected chi connectivity index (χ3v) is 8.44. The molecule has 184 valence electrons. The topological polar surface area (TPSA) is 103 Å². The third kappa shape index (κ3) is 3.76. The summed E-state index contributed by atoms with van der Waals surface area (Å²) in [6.07, 6.45) is 7.92. The standard InChI is InChI=1S/C26H33N7O2/c1-15-21(16(2)34)23-22(15)19-14-29-26(31-24(19)33(25(23)35)17-5-3-4-6-17)30-20-8-7-18(13-28-20)32-11-9-27-10-12-32/h7-8,13-15,17,21-23,27H,3-6,9-12H2,1-2H3,(H,28,29,30,31)/t15?,21?,22?,23-/m1/s1. The van der Waals surface area contributed by atoms with Crippen molar-refractivity contribution in [2.45, 2.75) is 51.5 Å². The Hall–Kier alpha value is -3.07. The largest absolute Gasteiger partial charge is 0.368 e. The summed E-state index contributed by atoms with van der Waals surface area (Å²) in [5, 5.41) is 6.60. The predicted molar refractivity (Wildman–Crippen MR) is 134 cm³/mol. The van der Waals surface area contributed by atoms with E-state index in [1.807, 2.05) is 23.4 Å². The van der Waals surface area contributed by atoms with Gasteiger partial charge < -0.3 is 15.5 Å². The number of carbonyl (C=O) groups excluding carboxylic acids is 2. The number of aromatic nitrogens is 3. The first-order valence-corrected chi connectivity index (χ1v) is 12.9. The summed E-state index contributed by atoms with van der Waals surface area (Å²) < 4.78 is 0. The number of pyridine rings is 1. The van der Waals surface area contributed by atoms with Crippen LogP contribution in [0.15, 0.2) is 24.5 Å². The van der Waals surface area contributed by atoms with Gasteiger partial charge in [-0.05, 0) is 37.8 Å². The second-order valence-electron chi connectivity index (χ2n) is 10.4. The van der Waals surface area contributed by atoms with Crippen LogP contribution in [-0.2, 0) is 9.59 Å². The average Bonchev–Trinajstić information content (AvgIpc) is 3.39. The number of fused-ring (bicyclic) bond motifs is 3. The molecule has 0 radical (unpaired) electrons. The van der Waals surface area contributed by atoms with E-state index in [0.717, 1.165) is 63.1 Å². The summed E-state index contributed by atoms with van der Waals surface area (Å²) >= 11 is 0. The fourth-order valence-electron chi connectivity index (χ4n) is 6.70. The quantitative estimate of drug-likeness (QED) is 0.681. The van der Waals surface area contributed by atoms with Crippen LogP contribution >= 0.6 is 0 Å². The zero-order chi connectivity index (χ0) is 24.1. The summed E-state index contributed by atoms with van der Waals surface area (Å²) in [6.45, 7) is 7.59. The summed E-state index contributed by atoms with van der Waals surface area (Å²) in [5.74, 6) is 1.64. The first-order valence-electron chi connectivity index (χ1n) is 12.9. The highest BCUT2D eigenvalue weighted by Crippen LogP contribution is 2.58. The van der Waals surface area contributed by atoms with Crippen LogP contribution in [0, 0.1) is 17.8 Å². The van der Waals surface area contributed by atoms with Crippen LogP contribution in [0.4, 0.5) is 23.3 Å². The Labute approximate surface area is 205 Å². The number of hydrogen-bond acceptors (Lipinski definition) is 8. The number of nitrogens with zero attached hydrogens (tertiary/aromatic N) is 5. The molecule has 0 aromatic carbocycles. The Balaban J connectivity index is 1.29. The van der Waals surface area contributed by atoms with Crippen molar-refractivity contribution in [2.24, 2.45) is 17.8 Å². The molecule has 9 heteroatoms. The van der Waals surface area contributed by atoms with E-state index in [2.05, 4.69) is 38.5 Å². The maximum atomic E-state index is 13.7. The number of ketones is 1. The normalized spacial score (nSPS) is 28.3. The van der Waals surface area contributed by atoms with E-state index in [9.17, 15) is 9.59 Å². The number of hydrogen-bond donors (Lipinski definition) is 2. The Bertz CT molecular complexity index is 1130. The lowest BCUT2D eigenvalue weighted by Gasteiger charge is -2.54. The fourth-order valence-corrected chi connectivity index (χ4v) is 6.70. The van der Waals surface area contributed by atoms with E-state index >= 15 is 0 Å². The smallest absolute Gasteiger partial charge is 0.232 e. The van der Waals surface area contributed by atoms with Crippen molar-refractivity contribution in [1.29, 1.82) is 0 Å². The van der Waals surface area contributed by atoms with Gasteiger partial charge in [-0.2, -0.15) is 4.98 Å². The zero-order valence-electron chi connectivity index (χ0n) is 20.4. The molecule has 4 aliphatic rings. The van der Waals surface area contributed by atoms with E-state index < -0.39 is 0 Å². The maximum absolute atomic E-state index is 13.7. The maximum Gasteiger partial charge on any atom is 0.232 e. The van der Waals surface area contributed by atoms with E-state index in [0.29, 0.717) is 17.6 Å². The van der Waals surface area contributed by atoms with Crippen molar-refractivity contribution in [3.8, 4) is 0 Å². The van der Waals surface area contributed by atoms with Crippen LogP contribution in [0.3, 0.4) is 0 Å². The number of Topliss-reactive ketones (excluding diaryl/α,β-unsaturated/α-hetero) is 1. The molecule has 2 aliphatic heterocycles. The summed E-state index contributed by atoms with van der Waals surface area (Å²) in [6, 6.07) is 4.15. The summed E-state index contributed by atoms with van der Waals surface area (Å²) in [5.41, 5.74) is 2.10. The molecular weight excluding hydrogens is 442 g/mol. The Morgan fingerprint density at radius 2 is 1.86 bits per heavy atom. The van der Waals surface area contributed by atoms with Gasteiger partial charge in [0.1, 0.15) is 17.4 Å². The molecule has 1 saturated heterocycles. The molecule has 1 amide bonds. The third-order valence-electron chi connectivity index (χ3n) is 8.44. The first-order chi connectivity index (χ1) is 17.0. The van der Waals surface area contributed by atoms with Gasteiger partial charge in [0.25, 0.3) is 0 Å². The number of carbonyl (C=O) groups is 2. The van der Waals surface area contributed by atoms with Gasteiger partial charge in [0.05, 0.1) is 17.8 Å². The minimum absolute atomic E-state index is 0.00884. The Morgan fingerprint density at radius 3 is 2.54 bits per heavy atom. The lowest BCUT2D eigenvalue weighted by Crippen LogP contribution is -2.60.